The maximum atomic E-state index is 13.8. The molecule has 9 heteroatoms. The zero-order valence-corrected chi connectivity index (χ0v) is 14.0. The van der Waals surface area contributed by atoms with Crippen molar-refractivity contribution in [3.63, 3.8) is 0 Å². The van der Waals surface area contributed by atoms with Crippen molar-refractivity contribution in [1.82, 2.24) is 14.9 Å². The van der Waals surface area contributed by atoms with Gasteiger partial charge in [-0.3, -0.25) is 4.79 Å². The molecule has 0 spiro atoms. The minimum atomic E-state index is -4.75. The quantitative estimate of drug-likeness (QED) is 0.686. The number of hydrogen-bond acceptors (Lipinski definition) is 2. The molecule has 142 valence electrons. The minimum Gasteiger partial charge on any atom is -0.348 e. The van der Waals surface area contributed by atoms with Crippen molar-refractivity contribution in [3.05, 3.63) is 65.5 Å². The number of amides is 1. The largest absolute Gasteiger partial charge is 0.449 e. The third-order valence-corrected chi connectivity index (χ3v) is 4.01. The lowest BCUT2D eigenvalue weighted by atomic mass is 10.1. The summed E-state index contributed by atoms with van der Waals surface area (Å²) >= 11 is 0. The molecule has 3 aromatic rings. The van der Waals surface area contributed by atoms with Crippen molar-refractivity contribution in [3.8, 4) is 0 Å². The van der Waals surface area contributed by atoms with Gasteiger partial charge in [0.15, 0.2) is 0 Å². The summed E-state index contributed by atoms with van der Waals surface area (Å²) in [5.41, 5.74) is 0.140. The molecule has 0 bridgehead atoms. The number of nitrogens with one attached hydrogen (secondary N) is 1. The van der Waals surface area contributed by atoms with Gasteiger partial charge >= 0.3 is 6.18 Å². The van der Waals surface area contributed by atoms with E-state index in [-0.39, 0.29) is 16.6 Å². The second-order valence-electron chi connectivity index (χ2n) is 5.96. The van der Waals surface area contributed by atoms with Gasteiger partial charge in [-0.1, -0.05) is 12.1 Å². The first-order valence-electron chi connectivity index (χ1n) is 7.93. The molecule has 1 amide bonds. The Balaban J connectivity index is 1.87. The minimum absolute atomic E-state index is 0.0989. The van der Waals surface area contributed by atoms with Gasteiger partial charge in [0.1, 0.15) is 18.2 Å². The van der Waals surface area contributed by atoms with Gasteiger partial charge in [0.05, 0.1) is 17.1 Å². The predicted octanol–water partition coefficient (Wildman–Crippen LogP) is 4.21. The Morgan fingerprint density at radius 3 is 2.59 bits per heavy atom. The van der Waals surface area contributed by atoms with Crippen molar-refractivity contribution < 1.29 is 26.7 Å². The number of para-hydroxylation sites is 2. The normalized spacial score (nSPS) is 13.0. The topological polar surface area (TPSA) is 46.9 Å². The highest BCUT2D eigenvalue weighted by Gasteiger charge is 2.38. The highest BCUT2D eigenvalue weighted by atomic mass is 19.4. The molecule has 1 aromatic heterocycles. The third-order valence-electron chi connectivity index (χ3n) is 4.01. The molecule has 1 heterocycles. The third kappa shape index (κ3) is 3.91. The van der Waals surface area contributed by atoms with E-state index in [1.54, 1.807) is 0 Å². The lowest BCUT2D eigenvalue weighted by molar-refractivity contribution is -0.147. The van der Waals surface area contributed by atoms with Crippen LogP contribution in [0.25, 0.3) is 11.0 Å². The molecule has 1 unspecified atom stereocenters. The van der Waals surface area contributed by atoms with E-state index in [4.69, 9.17) is 0 Å². The maximum absolute atomic E-state index is 13.8. The lowest BCUT2D eigenvalue weighted by Gasteiger charge is -2.17. The number of fused-ring (bicyclic) bond motifs is 1. The Kier molecular flexibility index (Phi) is 4.86. The molecule has 3 rings (SSSR count). The lowest BCUT2D eigenvalue weighted by Crippen LogP contribution is -2.32. The first-order valence-corrected chi connectivity index (χ1v) is 7.93. The van der Waals surface area contributed by atoms with Crippen molar-refractivity contribution in [2.75, 3.05) is 0 Å². The zero-order chi connectivity index (χ0) is 19.8. The number of carbonyl (C=O) groups excluding carboxylic acids is 1. The van der Waals surface area contributed by atoms with Gasteiger partial charge in [-0.05, 0) is 37.3 Å². The molecular weight excluding hydrogens is 369 g/mol. The van der Waals surface area contributed by atoms with E-state index >= 15 is 0 Å². The number of hydrogen-bond donors (Lipinski definition) is 1. The Morgan fingerprint density at radius 1 is 1.19 bits per heavy atom. The molecule has 0 aliphatic heterocycles. The van der Waals surface area contributed by atoms with E-state index in [9.17, 15) is 26.7 Å². The molecule has 1 N–H and O–H groups in total. The smallest absolute Gasteiger partial charge is 0.348 e. The molecular formula is C18H14F5N3O. The molecule has 2 aromatic carbocycles. The number of benzene rings is 2. The van der Waals surface area contributed by atoms with Crippen LogP contribution in [-0.2, 0) is 17.5 Å². The molecule has 4 nitrogen and oxygen atoms in total. The highest BCUT2D eigenvalue weighted by Crippen LogP contribution is 2.31. The Hall–Kier alpha value is -2.97. The van der Waals surface area contributed by atoms with Crippen LogP contribution in [0.1, 0.15) is 24.4 Å². The fourth-order valence-corrected chi connectivity index (χ4v) is 2.81. The summed E-state index contributed by atoms with van der Waals surface area (Å²) in [7, 11) is 0. The van der Waals surface area contributed by atoms with Crippen molar-refractivity contribution >= 4 is 16.9 Å². The molecule has 0 saturated heterocycles. The van der Waals surface area contributed by atoms with Gasteiger partial charge < -0.3 is 9.88 Å². The Labute approximate surface area is 150 Å². The summed E-state index contributed by atoms with van der Waals surface area (Å²) in [5.74, 6) is -3.41. The van der Waals surface area contributed by atoms with Gasteiger partial charge in [-0.2, -0.15) is 13.2 Å². The second kappa shape index (κ2) is 6.98. The average molecular weight is 383 g/mol. The molecule has 0 fully saturated rings. The monoisotopic (exact) mass is 383 g/mol. The number of carbonyl (C=O) groups is 1. The average Bonchev–Trinajstić information content (AvgIpc) is 2.96. The summed E-state index contributed by atoms with van der Waals surface area (Å²) in [6.07, 6.45) is -4.75. The van der Waals surface area contributed by atoms with Crippen LogP contribution in [0, 0.1) is 11.6 Å². The second-order valence-corrected chi connectivity index (χ2v) is 5.96. The number of aromatic nitrogens is 2. The first kappa shape index (κ1) is 18.8. The molecule has 0 radical (unpaired) electrons. The van der Waals surface area contributed by atoms with Gasteiger partial charge in [0.2, 0.25) is 11.7 Å². The number of alkyl halides is 3. The number of imidazole rings is 1. The van der Waals surface area contributed by atoms with E-state index in [0.717, 1.165) is 22.8 Å². The van der Waals surface area contributed by atoms with E-state index < -0.39 is 42.1 Å². The van der Waals surface area contributed by atoms with Crippen LogP contribution in [0.2, 0.25) is 0 Å². The number of nitrogens with zero attached hydrogens (tertiary/aromatic N) is 2. The predicted molar refractivity (Wildman–Crippen MR) is 87.7 cm³/mol. The van der Waals surface area contributed by atoms with Crippen LogP contribution in [0.3, 0.4) is 0 Å². The fraction of sp³-hybridized carbons (Fsp3) is 0.222. The maximum Gasteiger partial charge on any atom is 0.449 e. The van der Waals surface area contributed by atoms with E-state index in [1.807, 2.05) is 0 Å². The summed E-state index contributed by atoms with van der Waals surface area (Å²) in [4.78, 5) is 15.8. The number of halogens is 5. The van der Waals surface area contributed by atoms with E-state index in [2.05, 4.69) is 10.3 Å². The summed E-state index contributed by atoms with van der Waals surface area (Å²) in [6, 6.07) is 7.73. The van der Waals surface area contributed by atoms with Gasteiger partial charge in [-0.15, -0.1) is 0 Å². The summed E-state index contributed by atoms with van der Waals surface area (Å²) in [6.45, 7) is 0.739. The van der Waals surface area contributed by atoms with Crippen LogP contribution in [0.4, 0.5) is 22.0 Å². The SMILES string of the molecule is CC(NC(=O)Cn1c(C(F)(F)F)nc2ccccc21)c1cc(F)ccc1F. The van der Waals surface area contributed by atoms with Crippen molar-refractivity contribution in [2.45, 2.75) is 25.7 Å². The molecule has 1 atom stereocenters. The summed E-state index contributed by atoms with van der Waals surface area (Å²) < 4.78 is 67.6. The first-order chi connectivity index (χ1) is 12.7. The van der Waals surface area contributed by atoms with E-state index in [1.165, 1.54) is 31.2 Å². The van der Waals surface area contributed by atoms with Crippen LogP contribution in [-0.4, -0.2) is 15.5 Å². The van der Waals surface area contributed by atoms with Gasteiger partial charge in [0, 0.05) is 5.56 Å². The van der Waals surface area contributed by atoms with Gasteiger partial charge in [-0.25, -0.2) is 13.8 Å². The molecule has 0 aliphatic rings. The van der Waals surface area contributed by atoms with Crippen LogP contribution >= 0.6 is 0 Å². The molecule has 0 saturated carbocycles. The van der Waals surface area contributed by atoms with Gasteiger partial charge in [0.25, 0.3) is 0 Å². The molecule has 0 aliphatic carbocycles. The standard InChI is InChI=1S/C18H14F5N3O/c1-10(12-8-11(19)6-7-13(12)20)24-16(27)9-26-15-5-3-2-4-14(15)25-17(26)18(21,22)23/h2-8,10H,9H2,1H3,(H,24,27). The zero-order valence-electron chi connectivity index (χ0n) is 14.0. The Morgan fingerprint density at radius 2 is 1.89 bits per heavy atom. The van der Waals surface area contributed by atoms with Crippen LogP contribution in [0.15, 0.2) is 42.5 Å². The van der Waals surface area contributed by atoms with E-state index in [0.29, 0.717) is 0 Å². The van der Waals surface area contributed by atoms with Crippen molar-refractivity contribution in [2.24, 2.45) is 0 Å². The van der Waals surface area contributed by atoms with Crippen LogP contribution in [0.5, 0.6) is 0 Å². The Bertz CT molecular complexity index is 996. The number of rotatable bonds is 4. The van der Waals surface area contributed by atoms with Crippen molar-refractivity contribution in [1.29, 1.82) is 0 Å². The fourth-order valence-electron chi connectivity index (χ4n) is 2.81. The van der Waals surface area contributed by atoms with Crippen LogP contribution < -0.4 is 5.32 Å². The summed E-state index contributed by atoms with van der Waals surface area (Å²) in [5, 5.41) is 2.38. The highest BCUT2D eigenvalue weighted by molar-refractivity contribution is 5.81. The molecule has 27 heavy (non-hydrogen) atoms.